The molecule has 0 aliphatic rings. The van der Waals surface area contributed by atoms with Crippen LogP contribution in [0.4, 0.5) is 5.69 Å². The lowest BCUT2D eigenvalue weighted by atomic mass is 10.2. The molecule has 0 aliphatic heterocycles. The van der Waals surface area contributed by atoms with Crippen molar-refractivity contribution in [1.82, 2.24) is 5.32 Å². The van der Waals surface area contributed by atoms with Crippen molar-refractivity contribution in [3.05, 3.63) is 39.9 Å². The Morgan fingerprint density at radius 1 is 1.43 bits per heavy atom. The molecule has 1 rings (SSSR count). The first-order valence-corrected chi connectivity index (χ1v) is 4.05. The maximum atomic E-state index is 10.3. The highest BCUT2D eigenvalue weighted by Gasteiger charge is 2.02. The van der Waals surface area contributed by atoms with Gasteiger partial charge in [0.05, 0.1) is 17.5 Å². The van der Waals surface area contributed by atoms with Crippen LogP contribution >= 0.6 is 0 Å². The summed E-state index contributed by atoms with van der Waals surface area (Å²) in [6.07, 6.45) is 0. The number of nitrogens with one attached hydrogen (secondary N) is 1. The van der Waals surface area contributed by atoms with Gasteiger partial charge in [-0.2, -0.15) is 5.26 Å². The van der Waals surface area contributed by atoms with Gasteiger partial charge < -0.3 is 5.32 Å². The molecule has 0 amide bonds. The molecule has 0 aromatic heterocycles. The second-order valence-electron chi connectivity index (χ2n) is 2.69. The van der Waals surface area contributed by atoms with Gasteiger partial charge in [0.2, 0.25) is 0 Å². The summed E-state index contributed by atoms with van der Waals surface area (Å²) in [5, 5.41) is 21.4. The van der Waals surface area contributed by atoms with E-state index in [2.05, 4.69) is 5.32 Å². The third-order valence-electron chi connectivity index (χ3n) is 1.68. The molecule has 0 fully saturated rings. The van der Waals surface area contributed by atoms with Crippen LogP contribution in [0.2, 0.25) is 0 Å². The summed E-state index contributed by atoms with van der Waals surface area (Å²) in [4.78, 5) is 9.88. The second kappa shape index (κ2) is 4.94. The third-order valence-corrected chi connectivity index (χ3v) is 1.68. The van der Waals surface area contributed by atoms with Crippen molar-refractivity contribution in [1.29, 1.82) is 5.26 Å². The predicted octanol–water partition coefficient (Wildman–Crippen LogP) is 1.21. The number of hydrogen-bond donors (Lipinski definition) is 1. The van der Waals surface area contributed by atoms with Gasteiger partial charge in [-0.15, -0.1) is 0 Å². The molecule has 0 spiro atoms. The fourth-order valence-corrected chi connectivity index (χ4v) is 0.998. The summed E-state index contributed by atoms with van der Waals surface area (Å²) in [5.74, 6) is 0. The fourth-order valence-electron chi connectivity index (χ4n) is 0.998. The van der Waals surface area contributed by atoms with Crippen molar-refractivity contribution in [3.63, 3.8) is 0 Å². The molecule has 14 heavy (non-hydrogen) atoms. The van der Waals surface area contributed by atoms with Crippen molar-refractivity contribution in [2.75, 3.05) is 6.54 Å². The maximum Gasteiger partial charge on any atom is 0.269 e. The topological polar surface area (TPSA) is 79.0 Å². The molecule has 0 atom stereocenters. The Labute approximate surface area is 81.1 Å². The van der Waals surface area contributed by atoms with E-state index in [1.807, 2.05) is 6.07 Å². The van der Waals surface area contributed by atoms with Crippen LogP contribution in [0.15, 0.2) is 24.3 Å². The van der Waals surface area contributed by atoms with Crippen molar-refractivity contribution in [2.24, 2.45) is 0 Å². The molecule has 0 bridgehead atoms. The minimum absolute atomic E-state index is 0.0778. The first-order chi connectivity index (χ1) is 6.74. The van der Waals surface area contributed by atoms with Gasteiger partial charge in [-0.05, 0) is 5.56 Å². The van der Waals surface area contributed by atoms with Gasteiger partial charge in [0.25, 0.3) is 5.69 Å². The first kappa shape index (κ1) is 10.2. The zero-order valence-electron chi connectivity index (χ0n) is 7.43. The Bertz CT molecular complexity index is 353. The number of hydrogen-bond acceptors (Lipinski definition) is 4. The molecule has 5 heteroatoms. The lowest BCUT2D eigenvalue weighted by molar-refractivity contribution is -0.384. The van der Waals surface area contributed by atoms with Crippen LogP contribution in [0.25, 0.3) is 0 Å². The van der Waals surface area contributed by atoms with E-state index < -0.39 is 4.92 Å². The normalized spacial score (nSPS) is 9.36. The van der Waals surface area contributed by atoms with Crippen LogP contribution in [0.3, 0.4) is 0 Å². The van der Waals surface area contributed by atoms with Gasteiger partial charge >= 0.3 is 0 Å². The van der Waals surface area contributed by atoms with Crippen molar-refractivity contribution < 1.29 is 4.92 Å². The van der Waals surface area contributed by atoms with E-state index in [0.29, 0.717) is 6.54 Å². The SMILES string of the molecule is N#CCNCc1ccc([N+](=O)[O-])cc1. The van der Waals surface area contributed by atoms with Crippen LogP contribution in [0.5, 0.6) is 0 Å². The minimum atomic E-state index is -0.438. The molecule has 5 nitrogen and oxygen atoms in total. The Kier molecular flexibility index (Phi) is 3.58. The Morgan fingerprint density at radius 2 is 2.07 bits per heavy atom. The highest BCUT2D eigenvalue weighted by molar-refractivity contribution is 5.32. The molecule has 72 valence electrons. The molecule has 0 heterocycles. The Morgan fingerprint density at radius 3 is 2.57 bits per heavy atom. The van der Waals surface area contributed by atoms with Gasteiger partial charge in [-0.25, -0.2) is 0 Å². The quantitative estimate of drug-likeness (QED) is 0.335. The van der Waals surface area contributed by atoms with Crippen molar-refractivity contribution >= 4 is 5.69 Å². The average Bonchev–Trinajstić information content (AvgIpc) is 2.19. The molecule has 1 aromatic carbocycles. The summed E-state index contributed by atoms with van der Waals surface area (Å²) >= 11 is 0. The number of benzene rings is 1. The van der Waals surface area contributed by atoms with E-state index >= 15 is 0 Å². The summed E-state index contributed by atoms with van der Waals surface area (Å²) in [5.41, 5.74) is 1.000. The lowest BCUT2D eigenvalue weighted by Gasteiger charge is -1.99. The van der Waals surface area contributed by atoms with Gasteiger partial charge in [0.1, 0.15) is 0 Å². The zero-order chi connectivity index (χ0) is 10.4. The number of rotatable bonds is 4. The van der Waals surface area contributed by atoms with Crippen molar-refractivity contribution in [2.45, 2.75) is 6.54 Å². The van der Waals surface area contributed by atoms with E-state index in [0.717, 1.165) is 5.56 Å². The highest BCUT2D eigenvalue weighted by atomic mass is 16.6. The smallest absolute Gasteiger partial charge is 0.269 e. The number of nitro groups is 1. The summed E-state index contributed by atoms with van der Waals surface area (Å²) in [7, 11) is 0. The monoisotopic (exact) mass is 191 g/mol. The molecule has 0 aliphatic carbocycles. The van der Waals surface area contributed by atoms with Gasteiger partial charge in [0.15, 0.2) is 0 Å². The molecule has 0 unspecified atom stereocenters. The lowest BCUT2D eigenvalue weighted by Crippen LogP contribution is -2.12. The van der Waals surface area contributed by atoms with E-state index in [9.17, 15) is 10.1 Å². The van der Waals surface area contributed by atoms with Crippen molar-refractivity contribution in [3.8, 4) is 6.07 Å². The molecule has 0 saturated heterocycles. The number of nitriles is 1. The highest BCUT2D eigenvalue weighted by Crippen LogP contribution is 2.11. The molecular weight excluding hydrogens is 182 g/mol. The summed E-state index contributed by atoms with van der Waals surface area (Å²) in [6, 6.07) is 8.18. The second-order valence-corrected chi connectivity index (χ2v) is 2.69. The summed E-state index contributed by atoms with van der Waals surface area (Å²) in [6.45, 7) is 0.822. The molecule has 0 saturated carbocycles. The number of nitrogens with zero attached hydrogens (tertiary/aromatic N) is 2. The van der Waals surface area contributed by atoms with Crippen LogP contribution in [0, 0.1) is 21.4 Å². The zero-order valence-corrected chi connectivity index (χ0v) is 7.43. The van der Waals surface area contributed by atoms with Gasteiger partial charge in [-0.3, -0.25) is 10.1 Å². The molecule has 0 radical (unpaired) electrons. The standard InChI is InChI=1S/C9H9N3O2/c10-5-6-11-7-8-1-3-9(4-2-8)12(13)14/h1-4,11H,6-7H2. The molecule has 1 aromatic rings. The van der Waals surface area contributed by atoms with Crippen LogP contribution in [0.1, 0.15) is 5.56 Å². The maximum absolute atomic E-state index is 10.3. The van der Waals surface area contributed by atoms with Crippen LogP contribution in [-0.4, -0.2) is 11.5 Å². The van der Waals surface area contributed by atoms with E-state index in [4.69, 9.17) is 5.26 Å². The average molecular weight is 191 g/mol. The van der Waals surface area contributed by atoms with Gasteiger partial charge in [0, 0.05) is 18.7 Å². The van der Waals surface area contributed by atoms with E-state index in [1.54, 1.807) is 12.1 Å². The Hall–Kier alpha value is -1.93. The molecule has 1 N–H and O–H groups in total. The largest absolute Gasteiger partial charge is 0.300 e. The fraction of sp³-hybridized carbons (Fsp3) is 0.222. The minimum Gasteiger partial charge on any atom is -0.300 e. The van der Waals surface area contributed by atoms with Gasteiger partial charge in [-0.1, -0.05) is 12.1 Å². The van der Waals surface area contributed by atoms with Crippen LogP contribution < -0.4 is 5.32 Å². The number of non-ortho nitro benzene ring substituents is 1. The predicted molar refractivity (Wildman–Crippen MR) is 50.4 cm³/mol. The number of nitro benzene ring substituents is 1. The molecular formula is C9H9N3O2. The third kappa shape index (κ3) is 2.84. The van der Waals surface area contributed by atoms with E-state index in [-0.39, 0.29) is 12.2 Å². The first-order valence-electron chi connectivity index (χ1n) is 4.05. The van der Waals surface area contributed by atoms with E-state index in [1.165, 1.54) is 12.1 Å². The summed E-state index contributed by atoms with van der Waals surface area (Å²) < 4.78 is 0. The Balaban J connectivity index is 2.56. The van der Waals surface area contributed by atoms with Crippen LogP contribution in [-0.2, 0) is 6.54 Å².